The van der Waals surface area contributed by atoms with Gasteiger partial charge in [0.25, 0.3) is 0 Å². The summed E-state index contributed by atoms with van der Waals surface area (Å²) in [5, 5.41) is 0. The first-order valence-electron chi connectivity index (χ1n) is 6.42. The minimum Gasteiger partial charge on any atom is -0.271 e. The average Bonchev–Trinajstić information content (AvgIpc) is 2.33. The first-order valence-corrected chi connectivity index (χ1v) is 8.66. The number of halogens is 1. The lowest BCUT2D eigenvalue weighted by Crippen LogP contribution is -2.41. The maximum atomic E-state index is 12.3. The number of rotatable bonds is 3. The molecular formula is C13H19BrN2O2S. The number of nitrogens with one attached hydrogen (secondary N) is 1. The Morgan fingerprint density at radius 2 is 1.95 bits per heavy atom. The van der Waals surface area contributed by atoms with Crippen LogP contribution in [-0.2, 0) is 10.2 Å². The van der Waals surface area contributed by atoms with Gasteiger partial charge in [-0.2, -0.15) is 12.7 Å². The van der Waals surface area contributed by atoms with Crippen molar-refractivity contribution in [2.24, 2.45) is 5.92 Å². The summed E-state index contributed by atoms with van der Waals surface area (Å²) >= 11 is 3.37. The molecule has 4 nitrogen and oxygen atoms in total. The number of nitrogens with zero attached hydrogens (tertiary/aromatic N) is 1. The van der Waals surface area contributed by atoms with E-state index in [1.54, 1.807) is 6.07 Å². The smallest absolute Gasteiger partial charge is 0.271 e. The van der Waals surface area contributed by atoms with Crippen molar-refractivity contribution in [1.29, 1.82) is 0 Å². The van der Waals surface area contributed by atoms with Crippen LogP contribution in [0.25, 0.3) is 0 Å². The third-order valence-corrected chi connectivity index (χ3v) is 5.53. The molecular weight excluding hydrogens is 328 g/mol. The van der Waals surface area contributed by atoms with Crippen molar-refractivity contribution < 1.29 is 8.42 Å². The zero-order valence-electron chi connectivity index (χ0n) is 11.2. The van der Waals surface area contributed by atoms with Crippen LogP contribution in [0.1, 0.15) is 25.3 Å². The average molecular weight is 347 g/mol. The van der Waals surface area contributed by atoms with Gasteiger partial charge in [-0.05, 0) is 49.4 Å². The van der Waals surface area contributed by atoms with E-state index in [0.717, 1.165) is 22.9 Å². The number of hydrogen-bond donors (Lipinski definition) is 1. The third kappa shape index (κ3) is 3.70. The molecule has 1 N–H and O–H groups in total. The molecule has 0 radical (unpaired) electrons. The molecule has 0 unspecified atom stereocenters. The van der Waals surface area contributed by atoms with E-state index >= 15 is 0 Å². The number of benzene rings is 1. The van der Waals surface area contributed by atoms with Gasteiger partial charge < -0.3 is 0 Å². The summed E-state index contributed by atoms with van der Waals surface area (Å²) in [7, 11) is -3.43. The zero-order valence-corrected chi connectivity index (χ0v) is 13.6. The van der Waals surface area contributed by atoms with Crippen molar-refractivity contribution in [2.75, 3.05) is 17.8 Å². The van der Waals surface area contributed by atoms with E-state index in [4.69, 9.17) is 0 Å². The maximum absolute atomic E-state index is 12.3. The van der Waals surface area contributed by atoms with Crippen molar-refractivity contribution in [2.45, 2.75) is 26.7 Å². The Morgan fingerprint density at radius 1 is 1.32 bits per heavy atom. The van der Waals surface area contributed by atoms with E-state index in [0.29, 0.717) is 24.7 Å². The van der Waals surface area contributed by atoms with Crippen LogP contribution < -0.4 is 4.72 Å². The normalized spacial score (nSPS) is 18.5. The lowest BCUT2D eigenvalue weighted by atomic mass is 10.0. The molecule has 1 saturated heterocycles. The quantitative estimate of drug-likeness (QED) is 0.913. The van der Waals surface area contributed by atoms with E-state index in [-0.39, 0.29) is 0 Å². The fourth-order valence-electron chi connectivity index (χ4n) is 2.17. The lowest BCUT2D eigenvalue weighted by Gasteiger charge is -2.29. The molecule has 0 amide bonds. The predicted octanol–water partition coefficient (Wildman–Crippen LogP) is 3.15. The van der Waals surface area contributed by atoms with Crippen LogP contribution in [0.15, 0.2) is 22.7 Å². The summed E-state index contributed by atoms with van der Waals surface area (Å²) < 4.78 is 29.8. The van der Waals surface area contributed by atoms with Crippen molar-refractivity contribution in [3.63, 3.8) is 0 Å². The topological polar surface area (TPSA) is 49.4 Å². The summed E-state index contributed by atoms with van der Waals surface area (Å²) in [6, 6.07) is 5.52. The molecule has 0 spiro atoms. The SMILES string of the molecule is Cc1cc(Br)ccc1NS(=O)(=O)N1CCC(C)CC1. The summed E-state index contributed by atoms with van der Waals surface area (Å²) in [4.78, 5) is 0. The third-order valence-electron chi connectivity index (χ3n) is 3.51. The van der Waals surface area contributed by atoms with Crippen LogP contribution in [0.2, 0.25) is 0 Å². The lowest BCUT2D eigenvalue weighted by molar-refractivity contribution is 0.289. The second kappa shape index (κ2) is 5.81. The summed E-state index contributed by atoms with van der Waals surface area (Å²) in [5.74, 6) is 0.612. The van der Waals surface area contributed by atoms with Gasteiger partial charge >= 0.3 is 10.2 Å². The van der Waals surface area contributed by atoms with Gasteiger partial charge in [0, 0.05) is 17.6 Å². The molecule has 0 atom stereocenters. The molecule has 0 aromatic heterocycles. The Hall–Kier alpha value is -0.590. The molecule has 0 aliphatic carbocycles. The van der Waals surface area contributed by atoms with E-state index in [1.807, 2.05) is 19.1 Å². The Labute approximate surface area is 123 Å². The van der Waals surface area contributed by atoms with E-state index in [2.05, 4.69) is 27.6 Å². The molecule has 2 rings (SSSR count). The minimum atomic E-state index is -3.43. The van der Waals surface area contributed by atoms with E-state index in [9.17, 15) is 8.42 Å². The highest BCUT2D eigenvalue weighted by Gasteiger charge is 2.26. The molecule has 0 bridgehead atoms. The first kappa shape index (κ1) is 14.8. The van der Waals surface area contributed by atoms with Gasteiger partial charge in [-0.3, -0.25) is 4.72 Å². The Balaban J connectivity index is 2.12. The maximum Gasteiger partial charge on any atom is 0.301 e. The highest BCUT2D eigenvalue weighted by molar-refractivity contribution is 9.10. The number of piperidine rings is 1. The van der Waals surface area contributed by atoms with Crippen LogP contribution >= 0.6 is 15.9 Å². The van der Waals surface area contributed by atoms with Crippen LogP contribution in [0.3, 0.4) is 0 Å². The van der Waals surface area contributed by atoms with Gasteiger partial charge in [0.05, 0.1) is 5.69 Å². The molecule has 1 aliphatic rings. The molecule has 1 aromatic rings. The predicted molar refractivity (Wildman–Crippen MR) is 81.4 cm³/mol. The summed E-state index contributed by atoms with van der Waals surface area (Å²) in [6.07, 6.45) is 1.86. The van der Waals surface area contributed by atoms with Gasteiger partial charge in [-0.15, -0.1) is 0 Å². The van der Waals surface area contributed by atoms with Crippen LogP contribution in [0.5, 0.6) is 0 Å². The van der Waals surface area contributed by atoms with Crippen LogP contribution in [0.4, 0.5) is 5.69 Å². The minimum absolute atomic E-state index is 0.603. The summed E-state index contributed by atoms with van der Waals surface area (Å²) in [6.45, 7) is 5.26. The molecule has 1 fully saturated rings. The highest BCUT2D eigenvalue weighted by Crippen LogP contribution is 2.24. The van der Waals surface area contributed by atoms with Gasteiger partial charge in [-0.25, -0.2) is 0 Å². The van der Waals surface area contributed by atoms with Crippen molar-refractivity contribution in [1.82, 2.24) is 4.31 Å². The standard InChI is InChI=1S/C13H19BrN2O2S/c1-10-5-7-16(8-6-10)19(17,18)15-13-4-3-12(14)9-11(13)2/h3-4,9-10,15H,5-8H2,1-2H3. The Kier molecular flexibility index (Phi) is 4.53. The number of hydrogen-bond acceptors (Lipinski definition) is 2. The Bertz CT molecular complexity index is 552. The molecule has 19 heavy (non-hydrogen) atoms. The zero-order chi connectivity index (χ0) is 14.0. The number of anilines is 1. The monoisotopic (exact) mass is 346 g/mol. The van der Waals surface area contributed by atoms with Crippen molar-refractivity contribution in [3.8, 4) is 0 Å². The number of aryl methyl sites for hydroxylation is 1. The molecule has 1 aliphatic heterocycles. The molecule has 0 saturated carbocycles. The Morgan fingerprint density at radius 3 is 2.53 bits per heavy atom. The van der Waals surface area contributed by atoms with Gasteiger partial charge in [0.15, 0.2) is 0 Å². The molecule has 106 valence electrons. The largest absolute Gasteiger partial charge is 0.301 e. The van der Waals surface area contributed by atoms with Gasteiger partial charge in [0.1, 0.15) is 0 Å². The van der Waals surface area contributed by atoms with E-state index in [1.165, 1.54) is 4.31 Å². The highest BCUT2D eigenvalue weighted by atomic mass is 79.9. The van der Waals surface area contributed by atoms with Crippen LogP contribution in [0, 0.1) is 12.8 Å². The van der Waals surface area contributed by atoms with Gasteiger partial charge in [0.2, 0.25) is 0 Å². The van der Waals surface area contributed by atoms with Crippen molar-refractivity contribution in [3.05, 3.63) is 28.2 Å². The van der Waals surface area contributed by atoms with E-state index < -0.39 is 10.2 Å². The summed E-state index contributed by atoms with van der Waals surface area (Å²) in [5.41, 5.74) is 1.55. The second-order valence-corrected chi connectivity index (χ2v) is 7.73. The molecule has 1 aromatic carbocycles. The second-order valence-electron chi connectivity index (χ2n) is 5.15. The molecule has 1 heterocycles. The van der Waals surface area contributed by atoms with Gasteiger partial charge in [-0.1, -0.05) is 22.9 Å². The van der Waals surface area contributed by atoms with Crippen molar-refractivity contribution >= 4 is 31.8 Å². The first-order chi connectivity index (χ1) is 8.88. The fraction of sp³-hybridized carbons (Fsp3) is 0.538. The fourth-order valence-corrected chi connectivity index (χ4v) is 3.97. The van der Waals surface area contributed by atoms with Crippen LogP contribution in [-0.4, -0.2) is 25.8 Å². The molecule has 6 heteroatoms.